The molecule has 4 heteroatoms. The number of ether oxygens (including phenoxy) is 2. The van der Waals surface area contributed by atoms with Crippen molar-refractivity contribution in [3.05, 3.63) is 18.2 Å². The number of rotatable bonds is 2. The highest BCUT2D eigenvalue weighted by Gasteiger charge is 2.32. The first-order valence-electron chi connectivity index (χ1n) is 8.04. The molecule has 2 aliphatic heterocycles. The van der Waals surface area contributed by atoms with Crippen molar-refractivity contribution >= 4 is 5.69 Å². The number of nitrogens with one attached hydrogen (secondary N) is 1. The minimum atomic E-state index is 0.515. The van der Waals surface area contributed by atoms with Crippen LogP contribution < -0.4 is 19.7 Å². The van der Waals surface area contributed by atoms with Crippen LogP contribution in [-0.4, -0.2) is 38.9 Å². The summed E-state index contributed by atoms with van der Waals surface area (Å²) in [6, 6.07) is 7.48. The van der Waals surface area contributed by atoms with Gasteiger partial charge in [-0.15, -0.1) is 0 Å². The monoisotopic (exact) mass is 290 g/mol. The zero-order valence-corrected chi connectivity index (χ0v) is 13.3. The van der Waals surface area contributed by atoms with Crippen LogP contribution in [0.1, 0.15) is 26.7 Å². The normalized spacial score (nSPS) is 29.1. The maximum atomic E-state index is 5.82. The van der Waals surface area contributed by atoms with Crippen LogP contribution in [-0.2, 0) is 0 Å². The van der Waals surface area contributed by atoms with Crippen molar-refractivity contribution in [3.8, 4) is 11.5 Å². The molecule has 2 aliphatic rings. The Morgan fingerprint density at radius 3 is 2.67 bits per heavy atom. The lowest BCUT2D eigenvalue weighted by atomic mass is 9.87. The Morgan fingerprint density at radius 2 is 1.90 bits per heavy atom. The number of piperidine rings is 1. The Labute approximate surface area is 127 Å². The first kappa shape index (κ1) is 14.5. The van der Waals surface area contributed by atoms with Crippen LogP contribution in [0, 0.1) is 5.92 Å². The Morgan fingerprint density at radius 1 is 1.14 bits per heavy atom. The second kappa shape index (κ2) is 6.14. The average molecular weight is 290 g/mol. The molecule has 0 spiro atoms. The molecular formula is C17H26N2O2. The van der Waals surface area contributed by atoms with Crippen LogP contribution in [0.25, 0.3) is 0 Å². The number of hydrogen-bond acceptors (Lipinski definition) is 4. The van der Waals surface area contributed by atoms with Gasteiger partial charge in [-0.1, -0.05) is 6.92 Å². The fraction of sp³-hybridized carbons (Fsp3) is 0.647. The standard InChI is InChI=1S/C17H26N2O2/c1-12-13(2)19(8-7-15(12)18-3)14-5-6-16-17(11-14)21-10-4-9-20-16/h5-6,11-13,15,18H,4,7-10H2,1-3H3. The lowest BCUT2D eigenvalue weighted by Gasteiger charge is -2.44. The topological polar surface area (TPSA) is 33.7 Å². The van der Waals surface area contributed by atoms with Gasteiger partial charge in [0.25, 0.3) is 0 Å². The molecule has 1 aromatic rings. The molecular weight excluding hydrogens is 264 g/mol. The highest BCUT2D eigenvalue weighted by Crippen LogP contribution is 2.36. The zero-order chi connectivity index (χ0) is 14.8. The van der Waals surface area contributed by atoms with Crippen molar-refractivity contribution in [3.63, 3.8) is 0 Å². The molecule has 4 nitrogen and oxygen atoms in total. The van der Waals surface area contributed by atoms with Crippen molar-refractivity contribution in [1.29, 1.82) is 0 Å². The molecule has 3 atom stereocenters. The van der Waals surface area contributed by atoms with Gasteiger partial charge in [-0.05, 0) is 38.4 Å². The maximum Gasteiger partial charge on any atom is 0.163 e. The molecule has 2 heterocycles. The van der Waals surface area contributed by atoms with Gasteiger partial charge < -0.3 is 19.7 Å². The van der Waals surface area contributed by atoms with Gasteiger partial charge in [-0.25, -0.2) is 0 Å². The molecule has 0 aromatic heterocycles. The summed E-state index contributed by atoms with van der Waals surface area (Å²) >= 11 is 0. The van der Waals surface area contributed by atoms with Crippen molar-refractivity contribution in [2.75, 3.05) is 31.7 Å². The third-order valence-electron chi connectivity index (χ3n) is 5.00. The Balaban J connectivity index is 1.82. The maximum absolute atomic E-state index is 5.82. The number of fused-ring (bicyclic) bond motifs is 1. The molecule has 0 amide bonds. The second-order valence-corrected chi connectivity index (χ2v) is 6.16. The lowest BCUT2D eigenvalue weighted by molar-refractivity contribution is 0.282. The summed E-state index contributed by atoms with van der Waals surface area (Å²) in [5.74, 6) is 2.39. The summed E-state index contributed by atoms with van der Waals surface area (Å²) < 4.78 is 11.5. The van der Waals surface area contributed by atoms with Crippen LogP contribution in [0.4, 0.5) is 5.69 Å². The largest absolute Gasteiger partial charge is 0.490 e. The number of benzene rings is 1. The van der Waals surface area contributed by atoms with Crippen molar-refractivity contribution in [2.45, 2.75) is 38.8 Å². The third kappa shape index (κ3) is 2.82. The van der Waals surface area contributed by atoms with Crippen LogP contribution in [0.3, 0.4) is 0 Å². The van der Waals surface area contributed by atoms with E-state index < -0.39 is 0 Å². The molecule has 21 heavy (non-hydrogen) atoms. The van der Waals surface area contributed by atoms with E-state index in [-0.39, 0.29) is 0 Å². The molecule has 0 saturated carbocycles. The van der Waals surface area contributed by atoms with Gasteiger partial charge in [0.05, 0.1) is 13.2 Å². The van der Waals surface area contributed by atoms with Crippen LogP contribution in [0.15, 0.2) is 18.2 Å². The molecule has 1 saturated heterocycles. The zero-order valence-electron chi connectivity index (χ0n) is 13.3. The predicted octanol–water partition coefficient (Wildman–Crippen LogP) is 2.67. The van der Waals surface area contributed by atoms with Crippen molar-refractivity contribution in [2.24, 2.45) is 5.92 Å². The third-order valence-corrected chi connectivity index (χ3v) is 5.00. The van der Waals surface area contributed by atoms with Gasteiger partial charge >= 0.3 is 0 Å². The van der Waals surface area contributed by atoms with E-state index in [4.69, 9.17) is 9.47 Å². The lowest BCUT2D eigenvalue weighted by Crippen LogP contribution is -2.52. The SMILES string of the molecule is CNC1CCN(c2ccc3c(c2)OCCCO3)C(C)C1C. The molecule has 3 unspecified atom stereocenters. The minimum absolute atomic E-state index is 0.515. The van der Waals surface area contributed by atoms with E-state index in [1.165, 1.54) is 12.1 Å². The Bertz CT molecular complexity index is 492. The van der Waals surface area contributed by atoms with E-state index in [0.29, 0.717) is 18.0 Å². The summed E-state index contributed by atoms with van der Waals surface area (Å²) in [6.45, 7) is 7.21. The first-order valence-corrected chi connectivity index (χ1v) is 8.04. The summed E-state index contributed by atoms with van der Waals surface area (Å²) in [7, 11) is 2.07. The van der Waals surface area contributed by atoms with E-state index >= 15 is 0 Å². The van der Waals surface area contributed by atoms with Crippen molar-refractivity contribution < 1.29 is 9.47 Å². The fourth-order valence-corrected chi connectivity index (χ4v) is 3.47. The van der Waals surface area contributed by atoms with E-state index in [1.54, 1.807) is 0 Å². The summed E-state index contributed by atoms with van der Waals surface area (Å²) in [5, 5.41) is 3.44. The van der Waals surface area contributed by atoms with E-state index in [0.717, 1.165) is 37.7 Å². The van der Waals surface area contributed by atoms with Gasteiger partial charge in [-0.2, -0.15) is 0 Å². The van der Waals surface area contributed by atoms with E-state index in [1.807, 2.05) is 0 Å². The number of nitrogens with zero attached hydrogens (tertiary/aromatic N) is 1. The summed E-state index contributed by atoms with van der Waals surface area (Å²) in [5.41, 5.74) is 1.24. The average Bonchev–Trinajstić information content (AvgIpc) is 2.74. The molecule has 116 valence electrons. The van der Waals surface area contributed by atoms with Gasteiger partial charge in [0.15, 0.2) is 11.5 Å². The quantitative estimate of drug-likeness (QED) is 0.908. The van der Waals surface area contributed by atoms with Gasteiger partial charge in [0.1, 0.15) is 0 Å². The van der Waals surface area contributed by atoms with Gasteiger partial charge in [-0.3, -0.25) is 0 Å². The molecule has 3 rings (SSSR count). The van der Waals surface area contributed by atoms with Crippen molar-refractivity contribution in [1.82, 2.24) is 5.32 Å². The van der Waals surface area contributed by atoms with Gasteiger partial charge in [0, 0.05) is 36.8 Å². The highest BCUT2D eigenvalue weighted by molar-refractivity contribution is 5.57. The highest BCUT2D eigenvalue weighted by atomic mass is 16.5. The summed E-state index contributed by atoms with van der Waals surface area (Å²) in [4.78, 5) is 2.49. The smallest absolute Gasteiger partial charge is 0.163 e. The molecule has 1 N–H and O–H groups in total. The molecule has 0 radical (unpaired) electrons. The second-order valence-electron chi connectivity index (χ2n) is 6.16. The molecule has 1 aromatic carbocycles. The molecule has 0 aliphatic carbocycles. The van der Waals surface area contributed by atoms with Crippen LogP contribution in [0.2, 0.25) is 0 Å². The van der Waals surface area contributed by atoms with Gasteiger partial charge in [0.2, 0.25) is 0 Å². The fourth-order valence-electron chi connectivity index (χ4n) is 3.47. The van der Waals surface area contributed by atoms with E-state index in [9.17, 15) is 0 Å². The first-order chi connectivity index (χ1) is 10.2. The van der Waals surface area contributed by atoms with Crippen LogP contribution in [0.5, 0.6) is 11.5 Å². The molecule has 1 fully saturated rings. The Kier molecular flexibility index (Phi) is 4.24. The number of anilines is 1. The number of hydrogen-bond donors (Lipinski definition) is 1. The minimum Gasteiger partial charge on any atom is -0.490 e. The van der Waals surface area contributed by atoms with Crippen LogP contribution >= 0.6 is 0 Å². The van der Waals surface area contributed by atoms with E-state index in [2.05, 4.69) is 49.3 Å². The summed E-state index contributed by atoms with van der Waals surface area (Å²) in [6.07, 6.45) is 2.13. The Hall–Kier alpha value is -1.42. The molecule has 0 bridgehead atoms. The predicted molar refractivity (Wildman–Crippen MR) is 85.5 cm³/mol.